The van der Waals surface area contributed by atoms with Crippen LogP contribution in [0.3, 0.4) is 0 Å². The zero-order valence-electron chi connectivity index (χ0n) is 21.9. The van der Waals surface area contributed by atoms with Crippen LogP contribution in [0.4, 0.5) is 10.3 Å². The van der Waals surface area contributed by atoms with Crippen LogP contribution in [0.25, 0.3) is 11.0 Å². The summed E-state index contributed by atoms with van der Waals surface area (Å²) in [6.07, 6.45) is -0.721. The van der Waals surface area contributed by atoms with Gasteiger partial charge in [-0.25, -0.2) is 14.2 Å². The first kappa shape index (κ1) is 26.6. The van der Waals surface area contributed by atoms with E-state index in [4.69, 9.17) is 9.47 Å². The topological polar surface area (TPSA) is 114 Å². The maximum absolute atomic E-state index is 13.9. The number of anilines is 1. The number of carbonyl (C=O) groups is 3. The molecule has 2 aliphatic heterocycles. The van der Waals surface area contributed by atoms with Gasteiger partial charge in [-0.05, 0) is 29.3 Å². The molecule has 208 valence electrons. The number of fused-ring (bicyclic) bond motifs is 2. The van der Waals surface area contributed by atoms with E-state index >= 15 is 0 Å². The van der Waals surface area contributed by atoms with Crippen LogP contribution in [0.1, 0.15) is 24.2 Å². The van der Waals surface area contributed by atoms with Crippen LogP contribution in [0.15, 0.2) is 90.1 Å². The minimum absolute atomic E-state index is 0.0709. The third-order valence-electron chi connectivity index (χ3n) is 6.86. The van der Waals surface area contributed by atoms with Crippen molar-refractivity contribution in [3.05, 3.63) is 107 Å². The standard InChI is InChI=1S/C30H25FN4O5S/c1-17(36)39-15-20-16-41-28-24(34-30-32-22-13-12-21(31)14-23(22)33-30)27(37)35(28)25(20)29(38)40-26(18-8-4-2-5-9-18)19-10-6-3-7-11-19/h2-14,24,26,28H,15-16H2,1H3,(H2,32,33,34)/t24-,28?/m1/s1. The van der Waals surface area contributed by atoms with Crippen molar-refractivity contribution >= 4 is 46.6 Å². The Morgan fingerprint density at radius 2 is 1.78 bits per heavy atom. The van der Waals surface area contributed by atoms with Crippen molar-refractivity contribution in [1.82, 2.24) is 14.9 Å². The highest BCUT2D eigenvalue weighted by atomic mass is 32.2. The Morgan fingerprint density at radius 3 is 2.44 bits per heavy atom. The molecule has 0 aliphatic carbocycles. The number of thioether (sulfide) groups is 1. The number of H-pyrrole nitrogens is 1. The van der Waals surface area contributed by atoms with Gasteiger partial charge >= 0.3 is 11.9 Å². The zero-order valence-corrected chi connectivity index (χ0v) is 22.7. The molecule has 41 heavy (non-hydrogen) atoms. The number of carbonyl (C=O) groups excluding carboxylic acids is 3. The molecule has 1 unspecified atom stereocenters. The lowest BCUT2D eigenvalue weighted by atomic mass is 10.0. The number of aromatic nitrogens is 2. The number of imidazole rings is 1. The van der Waals surface area contributed by atoms with Gasteiger partial charge in [0.15, 0.2) is 6.10 Å². The van der Waals surface area contributed by atoms with E-state index in [1.807, 2.05) is 60.7 Å². The fourth-order valence-corrected chi connectivity index (χ4v) is 6.24. The Bertz CT molecular complexity index is 1620. The van der Waals surface area contributed by atoms with Crippen LogP contribution in [0, 0.1) is 5.82 Å². The third kappa shape index (κ3) is 5.28. The summed E-state index contributed by atoms with van der Waals surface area (Å²) in [5.41, 5.74) is 3.14. The Hall–Kier alpha value is -4.64. The van der Waals surface area contributed by atoms with E-state index in [1.165, 1.54) is 35.7 Å². The molecule has 11 heteroatoms. The van der Waals surface area contributed by atoms with Gasteiger partial charge in [-0.15, -0.1) is 11.8 Å². The first-order chi connectivity index (χ1) is 19.9. The summed E-state index contributed by atoms with van der Waals surface area (Å²) in [6, 6.07) is 22.2. The Labute approximate surface area is 238 Å². The van der Waals surface area contributed by atoms with Crippen LogP contribution >= 0.6 is 11.8 Å². The highest BCUT2D eigenvalue weighted by molar-refractivity contribution is 8.00. The SMILES string of the molecule is CC(=O)OCC1=C(C(=O)OC(c2ccccc2)c2ccccc2)N2C(=O)[C@@H](Nc3nc4ccc(F)cc4[nH]3)C2SC1. The first-order valence-electron chi connectivity index (χ1n) is 12.9. The first-order valence-corrected chi connectivity index (χ1v) is 14.0. The van der Waals surface area contributed by atoms with Gasteiger partial charge in [-0.1, -0.05) is 60.7 Å². The van der Waals surface area contributed by atoms with Crippen molar-refractivity contribution in [3.8, 4) is 0 Å². The highest BCUT2D eigenvalue weighted by Gasteiger charge is 2.54. The van der Waals surface area contributed by atoms with E-state index < -0.39 is 35.3 Å². The molecule has 1 aromatic heterocycles. The average Bonchev–Trinajstić information content (AvgIpc) is 3.39. The predicted octanol–water partition coefficient (Wildman–Crippen LogP) is 4.55. The van der Waals surface area contributed by atoms with Gasteiger partial charge in [0, 0.05) is 18.2 Å². The molecule has 3 aromatic carbocycles. The summed E-state index contributed by atoms with van der Waals surface area (Å²) < 4.78 is 24.9. The fraction of sp³-hybridized carbons (Fsp3) is 0.200. The molecule has 2 aliphatic rings. The smallest absolute Gasteiger partial charge is 0.356 e. The summed E-state index contributed by atoms with van der Waals surface area (Å²) in [5.74, 6) is -1.30. The number of β-lactam (4-membered cyclic amide) rings is 1. The normalized spacial score (nSPS) is 18.2. The largest absolute Gasteiger partial charge is 0.461 e. The van der Waals surface area contributed by atoms with E-state index in [1.54, 1.807) is 6.07 Å². The highest BCUT2D eigenvalue weighted by Crippen LogP contribution is 2.42. The molecular weight excluding hydrogens is 547 g/mol. The number of benzene rings is 3. The monoisotopic (exact) mass is 572 g/mol. The molecule has 0 bridgehead atoms. The van der Waals surface area contributed by atoms with Crippen molar-refractivity contribution in [2.45, 2.75) is 24.4 Å². The Morgan fingerprint density at radius 1 is 1.10 bits per heavy atom. The van der Waals surface area contributed by atoms with E-state index in [0.29, 0.717) is 28.3 Å². The van der Waals surface area contributed by atoms with Gasteiger partial charge in [-0.3, -0.25) is 14.5 Å². The maximum atomic E-state index is 13.9. The van der Waals surface area contributed by atoms with Crippen LogP contribution in [0.2, 0.25) is 0 Å². The average molecular weight is 573 g/mol. The van der Waals surface area contributed by atoms with Gasteiger partial charge in [0.25, 0.3) is 5.91 Å². The van der Waals surface area contributed by atoms with Gasteiger partial charge in [0.05, 0.1) is 11.0 Å². The molecule has 4 aromatic rings. The zero-order chi connectivity index (χ0) is 28.5. The molecule has 0 radical (unpaired) electrons. The molecule has 3 heterocycles. The Kier molecular flexibility index (Phi) is 7.19. The molecule has 1 saturated heterocycles. The summed E-state index contributed by atoms with van der Waals surface area (Å²) in [5, 5.41) is 2.65. The van der Waals surface area contributed by atoms with Crippen molar-refractivity contribution in [3.63, 3.8) is 0 Å². The van der Waals surface area contributed by atoms with E-state index in [9.17, 15) is 18.8 Å². The summed E-state index contributed by atoms with van der Waals surface area (Å²) in [7, 11) is 0. The summed E-state index contributed by atoms with van der Waals surface area (Å²) >= 11 is 1.43. The summed E-state index contributed by atoms with van der Waals surface area (Å²) in [4.78, 5) is 47.7. The number of halogens is 1. The number of rotatable bonds is 8. The van der Waals surface area contributed by atoms with Crippen LogP contribution in [-0.4, -0.2) is 56.5 Å². The lowest BCUT2D eigenvalue weighted by Crippen LogP contribution is -2.68. The molecule has 9 nitrogen and oxygen atoms in total. The number of nitrogens with zero attached hydrogens (tertiary/aromatic N) is 2. The molecule has 2 atom stereocenters. The van der Waals surface area contributed by atoms with Gasteiger partial charge in [0.1, 0.15) is 29.5 Å². The lowest BCUT2D eigenvalue weighted by Gasteiger charge is -2.49. The summed E-state index contributed by atoms with van der Waals surface area (Å²) in [6.45, 7) is 1.14. The van der Waals surface area contributed by atoms with Crippen molar-refractivity contribution in [1.29, 1.82) is 0 Å². The second-order valence-corrected chi connectivity index (χ2v) is 10.7. The second kappa shape index (κ2) is 11.1. The van der Waals surface area contributed by atoms with Gasteiger partial charge in [0.2, 0.25) is 5.95 Å². The number of hydrogen-bond donors (Lipinski definition) is 2. The number of esters is 2. The van der Waals surface area contributed by atoms with Crippen LogP contribution in [0.5, 0.6) is 0 Å². The van der Waals surface area contributed by atoms with Crippen molar-refractivity contribution in [2.75, 3.05) is 17.7 Å². The molecule has 1 amide bonds. The number of nitrogens with one attached hydrogen (secondary N) is 2. The van der Waals surface area contributed by atoms with Crippen molar-refractivity contribution < 1.29 is 28.2 Å². The molecular formula is C30H25FN4O5S. The number of aromatic amines is 1. The quantitative estimate of drug-likeness (QED) is 0.234. The minimum atomic E-state index is -0.721. The van der Waals surface area contributed by atoms with Gasteiger partial charge in [-0.2, -0.15) is 0 Å². The minimum Gasteiger partial charge on any atom is -0.461 e. The fourth-order valence-electron chi connectivity index (χ4n) is 4.92. The third-order valence-corrected chi connectivity index (χ3v) is 8.20. The molecule has 2 N–H and O–H groups in total. The van der Waals surface area contributed by atoms with E-state index in [2.05, 4.69) is 15.3 Å². The second-order valence-electron chi connectivity index (χ2n) is 9.62. The van der Waals surface area contributed by atoms with Gasteiger partial charge < -0.3 is 19.8 Å². The predicted molar refractivity (Wildman–Crippen MR) is 151 cm³/mol. The number of hydrogen-bond acceptors (Lipinski definition) is 8. The lowest BCUT2D eigenvalue weighted by molar-refractivity contribution is -0.152. The van der Waals surface area contributed by atoms with Crippen LogP contribution < -0.4 is 5.32 Å². The molecule has 0 spiro atoms. The molecule has 6 rings (SSSR count). The maximum Gasteiger partial charge on any atom is 0.356 e. The number of amides is 1. The van der Waals surface area contributed by atoms with Crippen molar-refractivity contribution in [2.24, 2.45) is 0 Å². The number of ether oxygens (including phenoxy) is 2. The van der Waals surface area contributed by atoms with E-state index in [-0.39, 0.29) is 18.2 Å². The van der Waals surface area contributed by atoms with E-state index in [0.717, 1.165) is 11.1 Å². The van der Waals surface area contributed by atoms with Crippen LogP contribution in [-0.2, 0) is 23.9 Å². The molecule has 0 saturated carbocycles. The Balaban J connectivity index is 1.29. The molecule has 1 fully saturated rings.